The number of furan rings is 1. The van der Waals surface area contributed by atoms with Crippen LogP contribution >= 0.6 is 11.3 Å². The van der Waals surface area contributed by atoms with Gasteiger partial charge in [-0.25, -0.2) is 9.97 Å². The molecule has 4 heterocycles. The van der Waals surface area contributed by atoms with Crippen molar-refractivity contribution in [3.05, 3.63) is 41.4 Å². The molecule has 23 heavy (non-hydrogen) atoms. The van der Waals surface area contributed by atoms with Gasteiger partial charge in [-0.05, 0) is 51.1 Å². The summed E-state index contributed by atoms with van der Waals surface area (Å²) in [5.41, 5.74) is 0. The van der Waals surface area contributed by atoms with Gasteiger partial charge < -0.3 is 9.73 Å². The predicted octanol–water partition coefficient (Wildman–Crippen LogP) is 3.84. The number of aryl methyl sites for hydroxylation is 1. The van der Waals surface area contributed by atoms with Gasteiger partial charge in [0.25, 0.3) is 0 Å². The molecule has 0 radical (unpaired) electrons. The second-order valence-electron chi connectivity index (χ2n) is 5.95. The molecule has 0 aromatic carbocycles. The summed E-state index contributed by atoms with van der Waals surface area (Å²) in [6, 6.07) is 6.43. The molecule has 1 fully saturated rings. The fourth-order valence-electron chi connectivity index (χ4n) is 3.25. The summed E-state index contributed by atoms with van der Waals surface area (Å²) in [4.78, 5) is 13.6. The van der Waals surface area contributed by atoms with E-state index in [1.807, 2.05) is 6.07 Å². The van der Waals surface area contributed by atoms with Crippen molar-refractivity contribution in [1.29, 1.82) is 0 Å². The summed E-state index contributed by atoms with van der Waals surface area (Å²) in [6.07, 6.45) is 5.92. The Morgan fingerprint density at radius 1 is 1.35 bits per heavy atom. The Balaban J connectivity index is 1.57. The van der Waals surface area contributed by atoms with Crippen LogP contribution in [0, 0.1) is 6.92 Å². The number of fused-ring (bicyclic) bond motifs is 1. The van der Waals surface area contributed by atoms with E-state index < -0.39 is 0 Å². The van der Waals surface area contributed by atoms with Crippen molar-refractivity contribution in [3.8, 4) is 0 Å². The molecule has 1 unspecified atom stereocenters. The average molecular weight is 328 g/mol. The molecule has 5 nitrogen and oxygen atoms in total. The zero-order valence-corrected chi connectivity index (χ0v) is 14.0. The molecule has 0 amide bonds. The Morgan fingerprint density at radius 3 is 3.00 bits per heavy atom. The third kappa shape index (κ3) is 2.96. The Kier molecular flexibility index (Phi) is 4.01. The first-order valence-corrected chi connectivity index (χ1v) is 8.85. The minimum atomic E-state index is 0.247. The lowest BCUT2D eigenvalue weighted by Gasteiger charge is -2.26. The van der Waals surface area contributed by atoms with Crippen molar-refractivity contribution in [1.82, 2.24) is 14.9 Å². The van der Waals surface area contributed by atoms with E-state index in [9.17, 15) is 0 Å². The highest BCUT2D eigenvalue weighted by Crippen LogP contribution is 2.29. The standard InChI is InChI=1S/C17H20N4OS/c1-12-9-13-16(19-11-20-17(13)23-12)18-10-14(15-5-4-8-22-15)21-6-2-3-7-21/h4-5,8-9,11,14H,2-3,6-7,10H2,1H3,(H,18,19,20). The van der Waals surface area contributed by atoms with Gasteiger partial charge in [-0.2, -0.15) is 0 Å². The van der Waals surface area contributed by atoms with Gasteiger partial charge in [-0.1, -0.05) is 0 Å². The maximum Gasteiger partial charge on any atom is 0.138 e. The first-order valence-electron chi connectivity index (χ1n) is 8.04. The summed E-state index contributed by atoms with van der Waals surface area (Å²) >= 11 is 1.70. The average Bonchev–Trinajstić information content (AvgIpc) is 3.28. The van der Waals surface area contributed by atoms with Gasteiger partial charge in [0.1, 0.15) is 22.7 Å². The van der Waals surface area contributed by atoms with Crippen LogP contribution in [0.2, 0.25) is 0 Å². The first-order chi connectivity index (χ1) is 11.3. The summed E-state index contributed by atoms with van der Waals surface area (Å²) in [6.45, 7) is 5.15. The Morgan fingerprint density at radius 2 is 2.22 bits per heavy atom. The van der Waals surface area contributed by atoms with Gasteiger partial charge in [0.2, 0.25) is 0 Å². The van der Waals surface area contributed by atoms with E-state index in [1.54, 1.807) is 23.9 Å². The monoisotopic (exact) mass is 328 g/mol. The summed E-state index contributed by atoms with van der Waals surface area (Å²) in [7, 11) is 0. The molecular weight excluding hydrogens is 308 g/mol. The van der Waals surface area contributed by atoms with Crippen LogP contribution in [-0.4, -0.2) is 34.5 Å². The van der Waals surface area contributed by atoms with Crippen LogP contribution in [0.1, 0.15) is 29.5 Å². The number of anilines is 1. The normalized spacial score (nSPS) is 16.9. The minimum Gasteiger partial charge on any atom is -0.468 e. The van der Waals surface area contributed by atoms with Crippen LogP contribution in [0.25, 0.3) is 10.2 Å². The fraction of sp³-hybridized carbons (Fsp3) is 0.412. The van der Waals surface area contributed by atoms with Gasteiger partial charge >= 0.3 is 0 Å². The van der Waals surface area contributed by atoms with Crippen molar-refractivity contribution in [3.63, 3.8) is 0 Å². The lowest BCUT2D eigenvalue weighted by Crippen LogP contribution is -2.30. The number of likely N-dealkylation sites (tertiary alicyclic amines) is 1. The van der Waals surface area contributed by atoms with Gasteiger partial charge in [0.15, 0.2) is 0 Å². The van der Waals surface area contributed by atoms with Gasteiger partial charge in [0, 0.05) is 11.4 Å². The van der Waals surface area contributed by atoms with Gasteiger partial charge in [-0.3, -0.25) is 4.90 Å². The molecule has 1 aliphatic heterocycles. The third-order valence-electron chi connectivity index (χ3n) is 4.37. The SMILES string of the molecule is Cc1cc2c(NCC(c3ccco3)N3CCCC3)ncnc2s1. The number of hydrogen-bond acceptors (Lipinski definition) is 6. The lowest BCUT2D eigenvalue weighted by molar-refractivity contribution is 0.225. The molecule has 0 aliphatic carbocycles. The van der Waals surface area contributed by atoms with Crippen LogP contribution in [0.4, 0.5) is 5.82 Å². The topological polar surface area (TPSA) is 54.2 Å². The van der Waals surface area contributed by atoms with Crippen molar-refractivity contribution >= 4 is 27.4 Å². The van der Waals surface area contributed by atoms with Crippen LogP contribution < -0.4 is 5.32 Å². The van der Waals surface area contributed by atoms with Crippen molar-refractivity contribution < 1.29 is 4.42 Å². The van der Waals surface area contributed by atoms with E-state index in [2.05, 4.69) is 39.2 Å². The maximum atomic E-state index is 5.68. The highest BCUT2D eigenvalue weighted by atomic mass is 32.1. The molecule has 4 rings (SSSR count). The molecular formula is C17H20N4OS. The Hall–Kier alpha value is -1.92. The summed E-state index contributed by atoms with van der Waals surface area (Å²) in [5, 5.41) is 4.63. The van der Waals surface area contributed by atoms with E-state index in [4.69, 9.17) is 4.42 Å². The van der Waals surface area contributed by atoms with E-state index in [1.165, 1.54) is 17.7 Å². The molecule has 1 atom stereocenters. The molecule has 0 saturated carbocycles. The number of rotatable bonds is 5. The molecule has 0 bridgehead atoms. The van der Waals surface area contributed by atoms with E-state index in [-0.39, 0.29) is 6.04 Å². The highest BCUT2D eigenvalue weighted by Gasteiger charge is 2.25. The van der Waals surface area contributed by atoms with E-state index in [0.29, 0.717) is 0 Å². The Bertz CT molecular complexity index is 777. The minimum absolute atomic E-state index is 0.247. The lowest BCUT2D eigenvalue weighted by atomic mass is 10.2. The summed E-state index contributed by atoms with van der Waals surface area (Å²) < 4.78 is 5.68. The third-order valence-corrected chi connectivity index (χ3v) is 5.33. The zero-order valence-electron chi connectivity index (χ0n) is 13.2. The fourth-order valence-corrected chi connectivity index (χ4v) is 4.10. The zero-order chi connectivity index (χ0) is 15.6. The predicted molar refractivity (Wildman–Crippen MR) is 92.9 cm³/mol. The number of nitrogens with one attached hydrogen (secondary N) is 1. The molecule has 1 aliphatic rings. The van der Waals surface area contributed by atoms with E-state index in [0.717, 1.165) is 41.4 Å². The second kappa shape index (κ2) is 6.29. The van der Waals surface area contributed by atoms with E-state index >= 15 is 0 Å². The molecule has 1 N–H and O–H groups in total. The van der Waals surface area contributed by atoms with Crippen LogP contribution in [-0.2, 0) is 0 Å². The number of hydrogen-bond donors (Lipinski definition) is 1. The molecule has 3 aromatic heterocycles. The number of thiophene rings is 1. The van der Waals surface area contributed by atoms with Gasteiger partial charge in [-0.15, -0.1) is 11.3 Å². The summed E-state index contributed by atoms with van der Waals surface area (Å²) in [5.74, 6) is 1.93. The van der Waals surface area contributed by atoms with Crippen molar-refractivity contribution in [2.45, 2.75) is 25.8 Å². The first kappa shape index (κ1) is 14.7. The molecule has 1 saturated heterocycles. The van der Waals surface area contributed by atoms with Crippen LogP contribution in [0.15, 0.2) is 35.2 Å². The van der Waals surface area contributed by atoms with Crippen molar-refractivity contribution in [2.75, 3.05) is 25.0 Å². The number of nitrogens with zero attached hydrogens (tertiary/aromatic N) is 3. The van der Waals surface area contributed by atoms with Crippen LogP contribution in [0.5, 0.6) is 0 Å². The van der Waals surface area contributed by atoms with Crippen molar-refractivity contribution in [2.24, 2.45) is 0 Å². The molecule has 6 heteroatoms. The van der Waals surface area contributed by atoms with Gasteiger partial charge in [0.05, 0.1) is 17.7 Å². The molecule has 120 valence electrons. The molecule has 3 aromatic rings. The number of aromatic nitrogens is 2. The largest absolute Gasteiger partial charge is 0.468 e. The van der Waals surface area contributed by atoms with Crippen LogP contribution in [0.3, 0.4) is 0 Å². The quantitative estimate of drug-likeness (QED) is 0.771. The molecule has 0 spiro atoms. The maximum absolute atomic E-state index is 5.68. The second-order valence-corrected chi connectivity index (χ2v) is 7.19. The highest BCUT2D eigenvalue weighted by molar-refractivity contribution is 7.18. The smallest absolute Gasteiger partial charge is 0.138 e. The Labute approximate surface area is 139 Å².